The Kier molecular flexibility index (Phi) is 4.99. The van der Waals surface area contributed by atoms with Gasteiger partial charge in [-0.3, -0.25) is 4.79 Å². The number of carboxylic acid groups (broad SMARTS) is 1. The summed E-state index contributed by atoms with van der Waals surface area (Å²) in [6.07, 6.45) is 0.827. The Balaban J connectivity index is 1.92. The van der Waals surface area contributed by atoms with Crippen LogP contribution in [-0.2, 0) is 10.3 Å². The van der Waals surface area contributed by atoms with Gasteiger partial charge < -0.3 is 15.2 Å². The molecule has 0 radical (unpaired) electrons. The molecule has 136 valence electrons. The quantitative estimate of drug-likeness (QED) is 0.877. The van der Waals surface area contributed by atoms with Gasteiger partial charge in [-0.1, -0.05) is 12.1 Å². The molecule has 7 heteroatoms. The molecule has 5 nitrogen and oxygen atoms in total. The molecule has 1 aliphatic rings. The molecule has 2 N–H and O–H groups in total. The van der Waals surface area contributed by atoms with E-state index < -0.39 is 29.0 Å². The van der Waals surface area contributed by atoms with Crippen LogP contribution in [0.5, 0.6) is 0 Å². The molecule has 0 unspecified atom stereocenters. The number of carbonyl (C=O) groups excluding carboxylic acids is 1. The van der Waals surface area contributed by atoms with Crippen LogP contribution in [0.1, 0.15) is 39.1 Å². The largest absolute Gasteiger partial charge is 0.478 e. The number of halogens is 2. The van der Waals surface area contributed by atoms with E-state index >= 15 is 0 Å². The highest BCUT2D eigenvalue weighted by Gasteiger charge is 2.37. The van der Waals surface area contributed by atoms with Gasteiger partial charge in [0.2, 0.25) is 0 Å². The Bertz CT molecular complexity index is 847. The molecular weight excluding hydrogens is 344 g/mol. The van der Waals surface area contributed by atoms with Crippen LogP contribution in [0.2, 0.25) is 0 Å². The van der Waals surface area contributed by atoms with Gasteiger partial charge in [-0.25, -0.2) is 13.6 Å². The third kappa shape index (κ3) is 3.57. The van der Waals surface area contributed by atoms with Gasteiger partial charge in [0.15, 0.2) is 0 Å². The zero-order valence-electron chi connectivity index (χ0n) is 13.8. The average Bonchev–Trinajstić information content (AvgIpc) is 2.62. The SMILES string of the molecule is O=C(O)c1ccc(C(=O)NC2(c3cccc(F)c3)CCOCC2)c(F)c1. The summed E-state index contributed by atoms with van der Waals surface area (Å²) in [5.41, 5.74) is -0.811. The van der Waals surface area contributed by atoms with E-state index in [0.717, 1.165) is 12.1 Å². The van der Waals surface area contributed by atoms with E-state index in [0.29, 0.717) is 31.6 Å². The first-order valence-corrected chi connectivity index (χ1v) is 8.10. The van der Waals surface area contributed by atoms with Gasteiger partial charge in [0, 0.05) is 13.2 Å². The second-order valence-electron chi connectivity index (χ2n) is 6.16. The highest BCUT2D eigenvalue weighted by Crippen LogP contribution is 2.33. The van der Waals surface area contributed by atoms with E-state index in [1.54, 1.807) is 12.1 Å². The van der Waals surface area contributed by atoms with E-state index in [4.69, 9.17) is 9.84 Å². The number of carboxylic acids is 1. The third-order valence-corrected chi connectivity index (χ3v) is 4.54. The van der Waals surface area contributed by atoms with Crippen molar-refractivity contribution in [2.24, 2.45) is 0 Å². The van der Waals surface area contributed by atoms with Crippen LogP contribution in [0.25, 0.3) is 0 Å². The van der Waals surface area contributed by atoms with Gasteiger partial charge in [0.05, 0.1) is 16.7 Å². The highest BCUT2D eigenvalue weighted by atomic mass is 19.1. The molecule has 1 fully saturated rings. The summed E-state index contributed by atoms with van der Waals surface area (Å²) < 4.78 is 33.2. The van der Waals surface area contributed by atoms with E-state index in [-0.39, 0.29) is 11.1 Å². The number of benzene rings is 2. The van der Waals surface area contributed by atoms with Crippen LogP contribution in [0.3, 0.4) is 0 Å². The van der Waals surface area contributed by atoms with Gasteiger partial charge >= 0.3 is 5.97 Å². The molecule has 0 atom stereocenters. The van der Waals surface area contributed by atoms with E-state index in [1.807, 2.05) is 0 Å². The normalized spacial score (nSPS) is 16.1. The van der Waals surface area contributed by atoms with Crippen LogP contribution in [0.15, 0.2) is 42.5 Å². The van der Waals surface area contributed by atoms with Crippen molar-refractivity contribution < 1.29 is 28.2 Å². The second kappa shape index (κ2) is 7.21. The Morgan fingerprint density at radius 2 is 1.81 bits per heavy atom. The molecule has 26 heavy (non-hydrogen) atoms. The average molecular weight is 361 g/mol. The summed E-state index contributed by atoms with van der Waals surface area (Å²) in [6.45, 7) is 0.744. The highest BCUT2D eigenvalue weighted by molar-refractivity contribution is 5.96. The molecule has 1 saturated heterocycles. The van der Waals surface area contributed by atoms with Crippen molar-refractivity contribution in [1.29, 1.82) is 0 Å². The van der Waals surface area contributed by atoms with Gasteiger partial charge in [0.1, 0.15) is 11.6 Å². The van der Waals surface area contributed by atoms with Crippen LogP contribution in [-0.4, -0.2) is 30.2 Å². The summed E-state index contributed by atoms with van der Waals surface area (Å²) >= 11 is 0. The minimum Gasteiger partial charge on any atom is -0.478 e. The smallest absolute Gasteiger partial charge is 0.335 e. The fraction of sp³-hybridized carbons (Fsp3) is 0.263. The van der Waals surface area contributed by atoms with Crippen molar-refractivity contribution in [3.05, 3.63) is 70.8 Å². The zero-order valence-corrected chi connectivity index (χ0v) is 13.8. The maximum atomic E-state index is 14.2. The molecule has 1 aliphatic heterocycles. The Morgan fingerprint density at radius 3 is 2.42 bits per heavy atom. The summed E-state index contributed by atoms with van der Waals surface area (Å²) in [4.78, 5) is 23.5. The Labute approximate surface area is 148 Å². The van der Waals surface area contributed by atoms with Gasteiger partial charge in [-0.15, -0.1) is 0 Å². The predicted octanol–water partition coefficient (Wildman–Crippen LogP) is 3.10. The summed E-state index contributed by atoms with van der Waals surface area (Å²) in [7, 11) is 0. The van der Waals surface area contributed by atoms with E-state index in [2.05, 4.69) is 5.32 Å². The molecule has 2 aromatic carbocycles. The third-order valence-electron chi connectivity index (χ3n) is 4.54. The maximum absolute atomic E-state index is 14.2. The maximum Gasteiger partial charge on any atom is 0.335 e. The van der Waals surface area contributed by atoms with E-state index in [9.17, 15) is 18.4 Å². The number of hydrogen-bond donors (Lipinski definition) is 2. The molecule has 0 spiro atoms. The standard InChI is InChI=1S/C19H17F2NO4/c20-14-3-1-2-13(11-14)19(6-8-26-9-7-19)22-17(23)15-5-4-12(18(24)25)10-16(15)21/h1-5,10-11H,6-9H2,(H,22,23)(H,24,25). The number of hydrogen-bond acceptors (Lipinski definition) is 3. The lowest BCUT2D eigenvalue weighted by Crippen LogP contribution is -2.49. The molecule has 0 bridgehead atoms. The molecule has 1 amide bonds. The summed E-state index contributed by atoms with van der Waals surface area (Å²) in [5, 5.41) is 11.7. The number of aromatic carboxylic acids is 1. The van der Waals surface area contributed by atoms with Crippen molar-refractivity contribution >= 4 is 11.9 Å². The second-order valence-corrected chi connectivity index (χ2v) is 6.16. The minimum atomic E-state index is -1.28. The van der Waals surface area contributed by atoms with Crippen molar-refractivity contribution in [3.8, 4) is 0 Å². The lowest BCUT2D eigenvalue weighted by atomic mass is 9.82. The molecule has 1 heterocycles. The Hall–Kier alpha value is -2.80. The van der Waals surface area contributed by atoms with Crippen LogP contribution >= 0.6 is 0 Å². The van der Waals surface area contributed by atoms with Gasteiger partial charge in [-0.05, 0) is 48.7 Å². The van der Waals surface area contributed by atoms with Crippen molar-refractivity contribution in [3.63, 3.8) is 0 Å². The lowest BCUT2D eigenvalue weighted by Gasteiger charge is -2.38. The molecule has 3 rings (SSSR count). The first-order chi connectivity index (χ1) is 12.4. The van der Waals surface area contributed by atoms with Gasteiger partial charge in [-0.2, -0.15) is 0 Å². The van der Waals surface area contributed by atoms with Gasteiger partial charge in [0.25, 0.3) is 5.91 Å². The fourth-order valence-electron chi connectivity index (χ4n) is 3.11. The van der Waals surface area contributed by atoms with Crippen molar-refractivity contribution in [2.45, 2.75) is 18.4 Å². The van der Waals surface area contributed by atoms with Crippen LogP contribution in [0.4, 0.5) is 8.78 Å². The predicted molar refractivity (Wildman–Crippen MR) is 89.0 cm³/mol. The molecular formula is C19H17F2NO4. The van der Waals surface area contributed by atoms with Crippen molar-refractivity contribution in [1.82, 2.24) is 5.32 Å². The minimum absolute atomic E-state index is 0.245. The molecule has 2 aromatic rings. The van der Waals surface area contributed by atoms with Crippen molar-refractivity contribution in [2.75, 3.05) is 13.2 Å². The monoisotopic (exact) mass is 361 g/mol. The zero-order chi connectivity index (χ0) is 18.7. The summed E-state index contributed by atoms with van der Waals surface area (Å²) in [5.74, 6) is -3.33. The lowest BCUT2D eigenvalue weighted by molar-refractivity contribution is 0.0343. The molecule has 0 saturated carbocycles. The molecule has 0 aliphatic carbocycles. The number of nitrogens with one attached hydrogen (secondary N) is 1. The van der Waals surface area contributed by atoms with E-state index in [1.165, 1.54) is 18.2 Å². The fourth-order valence-corrected chi connectivity index (χ4v) is 3.11. The first-order valence-electron chi connectivity index (χ1n) is 8.10. The molecule has 0 aromatic heterocycles. The first kappa shape index (κ1) is 18.0. The summed E-state index contributed by atoms with van der Waals surface area (Å²) in [6, 6.07) is 9.01. The number of amides is 1. The topological polar surface area (TPSA) is 75.6 Å². The van der Waals surface area contributed by atoms with Crippen LogP contribution in [0, 0.1) is 11.6 Å². The number of rotatable bonds is 4. The van der Waals surface area contributed by atoms with Crippen LogP contribution < -0.4 is 5.32 Å². The number of carbonyl (C=O) groups is 2. The Morgan fingerprint density at radius 1 is 1.08 bits per heavy atom. The number of ether oxygens (including phenoxy) is 1.